The van der Waals surface area contributed by atoms with Gasteiger partial charge in [0.15, 0.2) is 0 Å². The van der Waals surface area contributed by atoms with Crippen LogP contribution >= 0.6 is 24.0 Å². The molecule has 3 aliphatic heterocycles. The number of anilines is 1. The second-order valence-electron chi connectivity index (χ2n) is 8.70. The van der Waals surface area contributed by atoms with Crippen LogP contribution in [0.15, 0.2) is 34.1 Å². The summed E-state index contributed by atoms with van der Waals surface area (Å²) in [4.78, 5) is 35.7. The lowest BCUT2D eigenvalue weighted by molar-refractivity contribution is -0.123. The molecule has 3 aliphatic rings. The molecule has 0 saturated carbocycles. The van der Waals surface area contributed by atoms with Crippen LogP contribution in [0.1, 0.15) is 38.2 Å². The Kier molecular flexibility index (Phi) is 6.05. The van der Waals surface area contributed by atoms with Crippen LogP contribution in [0.2, 0.25) is 0 Å². The molecule has 0 N–H and O–H groups in total. The largest absolute Gasteiger partial charge is 0.376 e. The SMILES string of the molecule is CC1CCCN(c2nc3ccccn3c(=O)c2C=C2SC(=S)N(CC3CCCO3)C2=O)C1. The first kappa shape index (κ1) is 21.6. The van der Waals surface area contributed by atoms with E-state index < -0.39 is 0 Å². The van der Waals surface area contributed by atoms with Gasteiger partial charge in [-0.2, -0.15) is 0 Å². The van der Waals surface area contributed by atoms with Gasteiger partial charge in [-0.1, -0.05) is 37.0 Å². The van der Waals surface area contributed by atoms with Crippen LogP contribution in [0.4, 0.5) is 5.82 Å². The van der Waals surface area contributed by atoms with E-state index in [4.69, 9.17) is 21.9 Å². The topological polar surface area (TPSA) is 67.2 Å². The molecule has 3 saturated heterocycles. The number of carbonyl (C=O) groups is 1. The van der Waals surface area contributed by atoms with Crippen molar-refractivity contribution in [3.63, 3.8) is 0 Å². The molecule has 5 rings (SSSR count). The van der Waals surface area contributed by atoms with Gasteiger partial charge in [0, 0.05) is 25.9 Å². The van der Waals surface area contributed by atoms with Gasteiger partial charge in [0.1, 0.15) is 15.8 Å². The van der Waals surface area contributed by atoms with E-state index in [1.165, 1.54) is 22.6 Å². The van der Waals surface area contributed by atoms with Crippen molar-refractivity contribution >= 4 is 51.7 Å². The van der Waals surface area contributed by atoms with E-state index in [0.29, 0.717) is 38.7 Å². The third-order valence-corrected chi connectivity index (χ3v) is 7.64. The highest BCUT2D eigenvalue weighted by Gasteiger charge is 2.35. The van der Waals surface area contributed by atoms with Gasteiger partial charge >= 0.3 is 0 Å². The Morgan fingerprint density at radius 3 is 2.94 bits per heavy atom. The van der Waals surface area contributed by atoms with Crippen LogP contribution in [-0.2, 0) is 9.53 Å². The lowest BCUT2D eigenvalue weighted by Gasteiger charge is -2.32. The van der Waals surface area contributed by atoms with Crippen LogP contribution in [-0.4, -0.2) is 56.9 Å². The van der Waals surface area contributed by atoms with E-state index in [1.54, 1.807) is 17.2 Å². The Morgan fingerprint density at radius 1 is 1.28 bits per heavy atom. The number of aromatic nitrogens is 2. The number of hydrogen-bond donors (Lipinski definition) is 0. The van der Waals surface area contributed by atoms with Gasteiger partial charge in [-0.3, -0.25) is 18.9 Å². The Balaban J connectivity index is 1.55. The average Bonchev–Trinajstić information content (AvgIpc) is 3.39. The summed E-state index contributed by atoms with van der Waals surface area (Å²) in [6.45, 7) is 5.10. The smallest absolute Gasteiger partial charge is 0.267 e. The van der Waals surface area contributed by atoms with E-state index in [2.05, 4.69) is 11.8 Å². The molecule has 0 radical (unpaired) electrons. The maximum atomic E-state index is 13.5. The van der Waals surface area contributed by atoms with Crippen LogP contribution in [0.3, 0.4) is 0 Å². The molecule has 2 unspecified atom stereocenters. The highest BCUT2D eigenvalue weighted by atomic mass is 32.2. The minimum atomic E-state index is -0.173. The average molecular weight is 471 g/mol. The van der Waals surface area contributed by atoms with Crippen LogP contribution < -0.4 is 10.5 Å². The Morgan fingerprint density at radius 2 is 2.16 bits per heavy atom. The van der Waals surface area contributed by atoms with Crippen LogP contribution in [0, 0.1) is 5.92 Å². The first-order chi connectivity index (χ1) is 15.5. The summed E-state index contributed by atoms with van der Waals surface area (Å²) in [5.41, 5.74) is 0.877. The van der Waals surface area contributed by atoms with Gasteiger partial charge in [0.05, 0.1) is 23.1 Å². The summed E-state index contributed by atoms with van der Waals surface area (Å²) in [6, 6.07) is 5.52. The van der Waals surface area contributed by atoms with Crippen molar-refractivity contribution in [3.05, 3.63) is 45.2 Å². The number of rotatable bonds is 4. The zero-order chi connectivity index (χ0) is 22.2. The molecular formula is C23H26N4O3S2. The van der Waals surface area contributed by atoms with Gasteiger partial charge in [0.2, 0.25) is 0 Å². The lowest BCUT2D eigenvalue weighted by atomic mass is 10.00. The first-order valence-corrected chi connectivity index (χ1v) is 12.4. The number of pyridine rings is 1. The van der Waals surface area contributed by atoms with Crippen molar-refractivity contribution in [2.75, 3.05) is 31.1 Å². The normalized spacial score (nSPS) is 25.5. The van der Waals surface area contributed by atoms with Crippen molar-refractivity contribution in [1.82, 2.24) is 14.3 Å². The molecule has 0 aliphatic carbocycles. The number of hydrogen-bond acceptors (Lipinski definition) is 7. The summed E-state index contributed by atoms with van der Waals surface area (Å²) in [7, 11) is 0. The molecule has 32 heavy (non-hydrogen) atoms. The highest BCUT2D eigenvalue weighted by Crippen LogP contribution is 2.35. The lowest BCUT2D eigenvalue weighted by Crippen LogP contribution is -2.37. The molecule has 2 aromatic rings. The maximum Gasteiger partial charge on any atom is 0.267 e. The van der Waals surface area contributed by atoms with E-state index in [1.807, 2.05) is 18.2 Å². The number of nitrogens with zero attached hydrogens (tertiary/aromatic N) is 4. The highest BCUT2D eigenvalue weighted by molar-refractivity contribution is 8.26. The fourth-order valence-electron chi connectivity index (χ4n) is 4.62. The quantitative estimate of drug-likeness (QED) is 0.502. The van der Waals surface area contributed by atoms with Crippen LogP contribution in [0.5, 0.6) is 0 Å². The number of piperidine rings is 1. The number of ether oxygens (including phenoxy) is 1. The van der Waals surface area contributed by atoms with Crippen molar-refractivity contribution in [2.24, 2.45) is 5.92 Å². The van der Waals surface area contributed by atoms with E-state index in [0.717, 1.165) is 39.0 Å². The predicted molar refractivity (Wildman–Crippen MR) is 131 cm³/mol. The van der Waals surface area contributed by atoms with E-state index in [-0.39, 0.29) is 17.6 Å². The summed E-state index contributed by atoms with van der Waals surface area (Å²) in [6.07, 6.45) is 7.59. The van der Waals surface area contributed by atoms with Crippen molar-refractivity contribution in [3.8, 4) is 0 Å². The Bertz CT molecular complexity index is 1160. The minimum absolute atomic E-state index is 0.0233. The molecule has 9 heteroatoms. The maximum absolute atomic E-state index is 13.5. The van der Waals surface area contributed by atoms with E-state index in [9.17, 15) is 9.59 Å². The van der Waals surface area contributed by atoms with Gasteiger partial charge in [0.25, 0.3) is 11.5 Å². The number of amides is 1. The van der Waals surface area contributed by atoms with Gasteiger partial charge in [-0.25, -0.2) is 4.98 Å². The molecule has 3 fully saturated rings. The molecular weight excluding hydrogens is 444 g/mol. The standard InChI is InChI=1S/C23H26N4O3S2/c1-15-6-4-9-25(13-15)20-17(21(28)26-10-3-2-8-19(26)24-20)12-18-22(29)27(23(31)32-18)14-16-7-5-11-30-16/h2-3,8,10,12,15-16H,4-7,9,11,13-14H2,1H3. The van der Waals surface area contributed by atoms with Crippen molar-refractivity contribution < 1.29 is 9.53 Å². The fourth-order valence-corrected chi connectivity index (χ4v) is 5.88. The number of thiocarbonyl (C=S) groups is 1. The summed E-state index contributed by atoms with van der Waals surface area (Å²) >= 11 is 6.74. The molecule has 7 nitrogen and oxygen atoms in total. The Labute approximate surface area is 196 Å². The third kappa shape index (κ3) is 4.09. The van der Waals surface area contributed by atoms with Gasteiger partial charge in [-0.15, -0.1) is 0 Å². The molecule has 2 aromatic heterocycles. The number of carbonyl (C=O) groups excluding carboxylic acids is 1. The summed E-state index contributed by atoms with van der Waals surface area (Å²) in [5, 5.41) is 0. The molecule has 0 bridgehead atoms. The molecule has 0 aromatic carbocycles. The monoisotopic (exact) mass is 470 g/mol. The second-order valence-corrected chi connectivity index (χ2v) is 10.4. The summed E-state index contributed by atoms with van der Waals surface area (Å²) < 4.78 is 7.74. The van der Waals surface area contributed by atoms with Gasteiger partial charge in [-0.05, 0) is 49.8 Å². The number of thioether (sulfide) groups is 1. The number of fused-ring (bicyclic) bond motifs is 1. The molecule has 168 valence electrons. The van der Waals surface area contributed by atoms with Gasteiger partial charge < -0.3 is 9.64 Å². The zero-order valence-electron chi connectivity index (χ0n) is 18.0. The second kappa shape index (κ2) is 8.96. The van der Waals surface area contributed by atoms with E-state index >= 15 is 0 Å². The third-order valence-electron chi connectivity index (χ3n) is 6.26. The minimum Gasteiger partial charge on any atom is -0.376 e. The van der Waals surface area contributed by atoms with Crippen LogP contribution in [0.25, 0.3) is 11.7 Å². The zero-order valence-corrected chi connectivity index (χ0v) is 19.7. The predicted octanol–water partition coefficient (Wildman–Crippen LogP) is 3.31. The first-order valence-electron chi connectivity index (χ1n) is 11.1. The molecule has 1 amide bonds. The van der Waals surface area contributed by atoms with Crippen molar-refractivity contribution in [1.29, 1.82) is 0 Å². The van der Waals surface area contributed by atoms with Crippen molar-refractivity contribution in [2.45, 2.75) is 38.7 Å². The molecule has 5 heterocycles. The molecule has 2 atom stereocenters. The summed E-state index contributed by atoms with van der Waals surface area (Å²) in [5.74, 6) is 1.01. The molecule has 0 spiro atoms. The fraction of sp³-hybridized carbons (Fsp3) is 0.478. The Hall–Kier alpha value is -2.23.